The lowest BCUT2D eigenvalue weighted by Gasteiger charge is -2.17. The number of thiophene rings is 1. The molecule has 0 atom stereocenters. The van der Waals surface area contributed by atoms with Crippen molar-refractivity contribution in [3.63, 3.8) is 0 Å². The Balaban J connectivity index is 2.10. The van der Waals surface area contributed by atoms with Gasteiger partial charge in [-0.15, -0.1) is 11.3 Å². The standard InChI is InChI=1S/C15H9ClFNO6S2/c1-18(26(22,23)9-3-7(16)2-8(17)4-9)13-6-11-12(25-13)5-10(14(19)20)15(21)24-11/h2-6H,1H3,(H,19,20). The van der Waals surface area contributed by atoms with Crippen molar-refractivity contribution < 1.29 is 27.1 Å². The highest BCUT2D eigenvalue weighted by Gasteiger charge is 2.25. The molecular formula is C15H9ClFNO6S2. The summed E-state index contributed by atoms with van der Waals surface area (Å²) in [6, 6.07) is 5.30. The van der Waals surface area contributed by atoms with Crippen LogP contribution in [0.15, 0.2) is 44.4 Å². The molecule has 0 saturated carbocycles. The first kappa shape index (κ1) is 18.4. The van der Waals surface area contributed by atoms with E-state index in [1.54, 1.807) is 0 Å². The van der Waals surface area contributed by atoms with Gasteiger partial charge in [0.25, 0.3) is 10.0 Å². The largest absolute Gasteiger partial charge is 0.477 e. The molecule has 0 aliphatic rings. The van der Waals surface area contributed by atoms with E-state index in [1.165, 1.54) is 13.1 Å². The van der Waals surface area contributed by atoms with E-state index in [2.05, 4.69) is 0 Å². The molecule has 0 aliphatic carbocycles. The number of rotatable bonds is 4. The summed E-state index contributed by atoms with van der Waals surface area (Å²) in [6.45, 7) is 0. The van der Waals surface area contributed by atoms with Gasteiger partial charge in [0, 0.05) is 18.1 Å². The number of benzene rings is 1. The summed E-state index contributed by atoms with van der Waals surface area (Å²) in [5.41, 5.74) is -1.57. The number of nitrogens with zero attached hydrogens (tertiary/aromatic N) is 1. The molecule has 1 N–H and O–H groups in total. The van der Waals surface area contributed by atoms with Gasteiger partial charge in [0.1, 0.15) is 16.4 Å². The molecule has 3 aromatic rings. The van der Waals surface area contributed by atoms with Crippen LogP contribution in [0.1, 0.15) is 10.4 Å². The van der Waals surface area contributed by atoms with E-state index in [9.17, 15) is 22.4 Å². The Bertz CT molecular complexity index is 1180. The first-order valence-corrected chi connectivity index (χ1v) is 9.49. The summed E-state index contributed by atoms with van der Waals surface area (Å²) < 4.78 is 44.9. The van der Waals surface area contributed by atoms with Crippen LogP contribution >= 0.6 is 22.9 Å². The second-order valence-electron chi connectivity index (χ2n) is 5.14. The van der Waals surface area contributed by atoms with Gasteiger partial charge in [-0.3, -0.25) is 4.31 Å². The summed E-state index contributed by atoms with van der Waals surface area (Å²) in [5, 5.41) is 9.03. The van der Waals surface area contributed by atoms with Gasteiger partial charge in [-0.2, -0.15) is 0 Å². The summed E-state index contributed by atoms with van der Waals surface area (Å²) in [6.07, 6.45) is 0. The summed E-state index contributed by atoms with van der Waals surface area (Å²) in [5.74, 6) is -2.26. The van der Waals surface area contributed by atoms with Crippen LogP contribution in [0, 0.1) is 5.82 Å². The molecule has 26 heavy (non-hydrogen) atoms. The minimum absolute atomic E-state index is 0.0410. The van der Waals surface area contributed by atoms with Crippen molar-refractivity contribution in [2.75, 3.05) is 11.4 Å². The van der Waals surface area contributed by atoms with Crippen LogP contribution in [0.25, 0.3) is 10.3 Å². The molecule has 0 aliphatic heterocycles. The van der Waals surface area contributed by atoms with Crippen molar-refractivity contribution in [2.24, 2.45) is 0 Å². The fraction of sp³-hybridized carbons (Fsp3) is 0.0667. The lowest BCUT2D eigenvalue weighted by molar-refractivity contribution is 0.0692. The van der Waals surface area contributed by atoms with Crippen molar-refractivity contribution in [2.45, 2.75) is 4.90 Å². The zero-order valence-electron chi connectivity index (χ0n) is 12.9. The average molecular weight is 418 g/mol. The molecule has 1 aromatic carbocycles. The Morgan fingerprint density at radius 1 is 1.27 bits per heavy atom. The number of anilines is 1. The zero-order valence-corrected chi connectivity index (χ0v) is 15.3. The maximum absolute atomic E-state index is 13.5. The molecule has 136 valence electrons. The maximum atomic E-state index is 13.5. The number of hydrogen-bond donors (Lipinski definition) is 1. The predicted molar refractivity (Wildman–Crippen MR) is 94.3 cm³/mol. The van der Waals surface area contributed by atoms with Crippen LogP contribution < -0.4 is 9.93 Å². The van der Waals surface area contributed by atoms with Crippen LogP contribution in [0.4, 0.5) is 9.39 Å². The molecule has 0 saturated heterocycles. The minimum atomic E-state index is -4.14. The lowest BCUT2D eigenvalue weighted by atomic mass is 10.3. The Labute approximate surface area is 154 Å². The predicted octanol–water partition coefficient (Wildman–Crippen LogP) is 3.17. The number of carboxylic acid groups (broad SMARTS) is 1. The first-order valence-electron chi connectivity index (χ1n) is 6.85. The number of sulfonamides is 1. The molecule has 7 nitrogen and oxygen atoms in total. The van der Waals surface area contributed by atoms with E-state index < -0.39 is 33.0 Å². The smallest absolute Gasteiger partial charge is 0.351 e. The van der Waals surface area contributed by atoms with Gasteiger partial charge in [-0.25, -0.2) is 22.4 Å². The van der Waals surface area contributed by atoms with Gasteiger partial charge < -0.3 is 9.52 Å². The van der Waals surface area contributed by atoms with Gasteiger partial charge >= 0.3 is 11.6 Å². The van der Waals surface area contributed by atoms with E-state index in [-0.39, 0.29) is 25.2 Å². The SMILES string of the molecule is CN(c1cc2oc(=O)c(C(=O)O)cc2s1)S(=O)(=O)c1cc(F)cc(Cl)c1. The summed E-state index contributed by atoms with van der Waals surface area (Å²) in [7, 11) is -2.91. The molecule has 0 fully saturated rings. The van der Waals surface area contributed by atoms with Crippen molar-refractivity contribution in [3.8, 4) is 0 Å². The quantitative estimate of drug-likeness (QED) is 0.699. The van der Waals surface area contributed by atoms with Crippen LogP contribution in [0.2, 0.25) is 5.02 Å². The van der Waals surface area contributed by atoms with Crippen LogP contribution in [0.3, 0.4) is 0 Å². The van der Waals surface area contributed by atoms with E-state index >= 15 is 0 Å². The van der Waals surface area contributed by atoms with Gasteiger partial charge in [0.2, 0.25) is 0 Å². The number of aromatic carboxylic acids is 1. The third-order valence-electron chi connectivity index (χ3n) is 3.45. The minimum Gasteiger partial charge on any atom is -0.477 e. The Morgan fingerprint density at radius 3 is 2.58 bits per heavy atom. The second kappa shape index (κ2) is 6.38. The van der Waals surface area contributed by atoms with Crippen LogP contribution in [-0.2, 0) is 10.0 Å². The summed E-state index contributed by atoms with van der Waals surface area (Å²) in [4.78, 5) is 22.3. The Hall–Kier alpha value is -2.43. The number of hydrogen-bond acceptors (Lipinski definition) is 6. The van der Waals surface area contributed by atoms with Gasteiger partial charge in [-0.05, 0) is 24.3 Å². The monoisotopic (exact) mass is 417 g/mol. The molecule has 2 aromatic heterocycles. The number of carbonyl (C=O) groups is 1. The third-order valence-corrected chi connectivity index (χ3v) is 6.67. The molecule has 2 heterocycles. The second-order valence-corrected chi connectivity index (χ2v) is 8.61. The van der Waals surface area contributed by atoms with Gasteiger partial charge in [-0.1, -0.05) is 11.6 Å². The van der Waals surface area contributed by atoms with E-state index in [0.29, 0.717) is 0 Å². The Morgan fingerprint density at radius 2 is 1.96 bits per heavy atom. The third kappa shape index (κ3) is 3.18. The van der Waals surface area contributed by atoms with Gasteiger partial charge in [0.15, 0.2) is 5.58 Å². The average Bonchev–Trinajstić information content (AvgIpc) is 2.94. The van der Waals surface area contributed by atoms with Crippen molar-refractivity contribution in [3.05, 3.63) is 57.2 Å². The highest BCUT2D eigenvalue weighted by atomic mass is 35.5. The lowest BCUT2D eigenvalue weighted by Crippen LogP contribution is -2.25. The number of carboxylic acids is 1. The molecule has 0 radical (unpaired) electrons. The van der Waals surface area contributed by atoms with E-state index in [0.717, 1.165) is 39.9 Å². The van der Waals surface area contributed by atoms with Crippen molar-refractivity contribution in [1.82, 2.24) is 0 Å². The van der Waals surface area contributed by atoms with E-state index in [4.69, 9.17) is 21.1 Å². The van der Waals surface area contributed by atoms with Crippen LogP contribution in [-0.4, -0.2) is 26.5 Å². The number of halogens is 2. The van der Waals surface area contributed by atoms with E-state index in [1.807, 2.05) is 0 Å². The first-order chi connectivity index (χ1) is 12.1. The fourth-order valence-electron chi connectivity index (χ4n) is 2.16. The molecule has 0 bridgehead atoms. The molecular weight excluding hydrogens is 409 g/mol. The highest BCUT2D eigenvalue weighted by Crippen LogP contribution is 2.34. The maximum Gasteiger partial charge on any atom is 0.351 e. The normalized spacial score (nSPS) is 11.7. The van der Waals surface area contributed by atoms with Crippen molar-refractivity contribution in [1.29, 1.82) is 0 Å². The summed E-state index contributed by atoms with van der Waals surface area (Å²) >= 11 is 6.61. The topological polar surface area (TPSA) is 105 Å². The molecule has 0 unspecified atom stereocenters. The van der Waals surface area contributed by atoms with Crippen molar-refractivity contribution >= 4 is 54.2 Å². The molecule has 11 heteroatoms. The van der Waals surface area contributed by atoms with Crippen LogP contribution in [0.5, 0.6) is 0 Å². The van der Waals surface area contributed by atoms with Gasteiger partial charge in [0.05, 0.1) is 9.60 Å². The molecule has 0 amide bonds. The molecule has 3 rings (SSSR count). The molecule has 0 spiro atoms. The Kier molecular flexibility index (Phi) is 4.51. The highest BCUT2D eigenvalue weighted by molar-refractivity contribution is 7.93. The fourth-order valence-corrected chi connectivity index (χ4v) is 4.89. The zero-order chi connectivity index (χ0) is 19.2. The number of fused-ring (bicyclic) bond motifs is 1.